The molecule has 1 aromatic rings. The maximum absolute atomic E-state index is 11.9. The summed E-state index contributed by atoms with van der Waals surface area (Å²) in [6, 6.07) is 6.74. The van der Waals surface area contributed by atoms with Crippen LogP contribution in [0.1, 0.15) is 37.8 Å². The molecule has 1 atom stereocenters. The number of carbonyl (C=O) groups excluding carboxylic acids is 1. The number of rotatable bonds is 3. The van der Waals surface area contributed by atoms with Crippen molar-refractivity contribution < 1.29 is 9.90 Å². The lowest BCUT2D eigenvalue weighted by Gasteiger charge is -2.37. The van der Waals surface area contributed by atoms with E-state index in [9.17, 15) is 9.90 Å². The van der Waals surface area contributed by atoms with Crippen LogP contribution in [-0.4, -0.2) is 16.6 Å². The Kier molecular flexibility index (Phi) is 3.07. The van der Waals surface area contributed by atoms with E-state index in [4.69, 9.17) is 5.73 Å². The van der Waals surface area contributed by atoms with E-state index in [0.717, 1.165) is 24.8 Å². The summed E-state index contributed by atoms with van der Waals surface area (Å²) in [5.41, 5.74) is 6.14. The summed E-state index contributed by atoms with van der Waals surface area (Å²) < 4.78 is 0. The molecule has 1 aliphatic rings. The van der Waals surface area contributed by atoms with Gasteiger partial charge in [0.25, 0.3) is 0 Å². The molecule has 4 N–H and O–H groups in total. The normalized spacial score (nSPS) is 19.2. The number of hydrogen-bond donors (Lipinski definition) is 3. The van der Waals surface area contributed by atoms with Crippen molar-refractivity contribution in [2.24, 2.45) is 5.73 Å². The van der Waals surface area contributed by atoms with Gasteiger partial charge in [-0.3, -0.25) is 4.79 Å². The molecule has 1 aromatic carbocycles. The van der Waals surface area contributed by atoms with E-state index in [1.807, 2.05) is 13.0 Å². The van der Waals surface area contributed by atoms with E-state index in [-0.39, 0.29) is 17.7 Å². The molecule has 2 rings (SSSR count). The summed E-state index contributed by atoms with van der Waals surface area (Å²) in [6.07, 6.45) is 2.53. The number of carbonyl (C=O) groups is 1. The first kappa shape index (κ1) is 11.9. The molecule has 4 heteroatoms. The van der Waals surface area contributed by atoms with Crippen molar-refractivity contribution in [3.63, 3.8) is 0 Å². The van der Waals surface area contributed by atoms with Gasteiger partial charge in [-0.1, -0.05) is 12.1 Å². The fourth-order valence-electron chi connectivity index (χ4n) is 2.00. The van der Waals surface area contributed by atoms with Crippen LogP contribution in [0, 0.1) is 0 Å². The number of amides is 1. The monoisotopic (exact) mass is 234 g/mol. The van der Waals surface area contributed by atoms with Gasteiger partial charge in [0.2, 0.25) is 5.91 Å². The Hall–Kier alpha value is -1.55. The SMILES string of the molecule is CC(NC(=O)C1(N)CCC1)c1cccc(O)c1. The van der Waals surface area contributed by atoms with Crippen molar-refractivity contribution in [1.29, 1.82) is 0 Å². The molecule has 0 heterocycles. The first-order valence-corrected chi connectivity index (χ1v) is 5.90. The molecule has 0 bridgehead atoms. The molecule has 0 saturated heterocycles. The number of hydrogen-bond acceptors (Lipinski definition) is 3. The van der Waals surface area contributed by atoms with Gasteiger partial charge in [0.05, 0.1) is 11.6 Å². The number of nitrogens with two attached hydrogens (primary N) is 1. The summed E-state index contributed by atoms with van der Waals surface area (Å²) in [7, 11) is 0. The molecule has 17 heavy (non-hydrogen) atoms. The predicted octanol–water partition coefficient (Wildman–Crippen LogP) is 1.45. The van der Waals surface area contributed by atoms with Gasteiger partial charge in [-0.2, -0.15) is 0 Å². The number of phenolic OH excluding ortho intramolecular Hbond substituents is 1. The van der Waals surface area contributed by atoms with Gasteiger partial charge in [0.15, 0.2) is 0 Å². The molecule has 4 nitrogen and oxygen atoms in total. The highest BCUT2D eigenvalue weighted by molar-refractivity contribution is 5.87. The molecule has 0 radical (unpaired) electrons. The van der Waals surface area contributed by atoms with Crippen LogP contribution in [-0.2, 0) is 4.79 Å². The molecule has 0 aliphatic heterocycles. The van der Waals surface area contributed by atoms with Crippen LogP contribution in [0.3, 0.4) is 0 Å². The van der Waals surface area contributed by atoms with Gasteiger partial charge in [-0.05, 0) is 43.9 Å². The summed E-state index contributed by atoms with van der Waals surface area (Å²) in [5, 5.41) is 12.3. The zero-order valence-electron chi connectivity index (χ0n) is 9.94. The molecule has 92 valence electrons. The van der Waals surface area contributed by atoms with E-state index in [1.54, 1.807) is 18.2 Å². The minimum Gasteiger partial charge on any atom is -0.508 e. The molecular formula is C13H18N2O2. The highest BCUT2D eigenvalue weighted by Crippen LogP contribution is 2.30. The van der Waals surface area contributed by atoms with Gasteiger partial charge in [0.1, 0.15) is 5.75 Å². The number of nitrogens with one attached hydrogen (secondary N) is 1. The van der Waals surface area contributed by atoms with Crippen LogP contribution < -0.4 is 11.1 Å². The maximum atomic E-state index is 11.9. The minimum atomic E-state index is -0.676. The molecule has 1 fully saturated rings. The van der Waals surface area contributed by atoms with Crippen LogP contribution in [0.4, 0.5) is 0 Å². The topological polar surface area (TPSA) is 75.4 Å². The molecule has 0 aromatic heterocycles. The van der Waals surface area contributed by atoms with Crippen molar-refractivity contribution >= 4 is 5.91 Å². The average molecular weight is 234 g/mol. The first-order valence-electron chi connectivity index (χ1n) is 5.90. The molecule has 1 amide bonds. The number of benzene rings is 1. The highest BCUT2D eigenvalue weighted by atomic mass is 16.3. The maximum Gasteiger partial charge on any atom is 0.240 e. The van der Waals surface area contributed by atoms with Crippen LogP contribution in [0.25, 0.3) is 0 Å². The third kappa shape index (κ3) is 2.42. The van der Waals surface area contributed by atoms with Crippen molar-refractivity contribution in [3.05, 3.63) is 29.8 Å². The van der Waals surface area contributed by atoms with Gasteiger partial charge in [0, 0.05) is 0 Å². The number of aromatic hydroxyl groups is 1. The highest BCUT2D eigenvalue weighted by Gasteiger charge is 2.40. The third-order valence-corrected chi connectivity index (χ3v) is 3.42. The Morgan fingerprint density at radius 3 is 2.76 bits per heavy atom. The molecular weight excluding hydrogens is 216 g/mol. The Bertz CT molecular complexity index is 427. The Morgan fingerprint density at radius 2 is 2.24 bits per heavy atom. The second kappa shape index (κ2) is 4.37. The predicted molar refractivity (Wildman–Crippen MR) is 65.4 cm³/mol. The lowest BCUT2D eigenvalue weighted by molar-refractivity contribution is -0.129. The molecule has 0 spiro atoms. The fourth-order valence-corrected chi connectivity index (χ4v) is 2.00. The standard InChI is InChI=1S/C13H18N2O2/c1-9(10-4-2-5-11(16)8-10)15-12(17)13(14)6-3-7-13/h2,4-5,8-9,16H,3,6-7,14H2,1H3,(H,15,17). The quantitative estimate of drug-likeness (QED) is 0.741. The van der Waals surface area contributed by atoms with Crippen molar-refractivity contribution in [1.82, 2.24) is 5.32 Å². The van der Waals surface area contributed by atoms with E-state index in [1.165, 1.54) is 0 Å². The third-order valence-electron chi connectivity index (χ3n) is 3.42. The summed E-state index contributed by atoms with van der Waals surface area (Å²) in [6.45, 7) is 1.88. The van der Waals surface area contributed by atoms with Gasteiger partial charge < -0.3 is 16.2 Å². The molecule has 1 unspecified atom stereocenters. The first-order chi connectivity index (χ1) is 8.01. The van der Waals surface area contributed by atoms with E-state index >= 15 is 0 Å². The molecule has 1 saturated carbocycles. The average Bonchev–Trinajstić information content (AvgIpc) is 2.25. The smallest absolute Gasteiger partial charge is 0.240 e. The van der Waals surface area contributed by atoms with Gasteiger partial charge in [-0.15, -0.1) is 0 Å². The lowest BCUT2D eigenvalue weighted by atomic mass is 9.77. The number of phenols is 1. The zero-order chi connectivity index (χ0) is 12.5. The van der Waals surface area contributed by atoms with Crippen LogP contribution >= 0.6 is 0 Å². The van der Waals surface area contributed by atoms with Crippen LogP contribution in [0.2, 0.25) is 0 Å². The molecule has 1 aliphatic carbocycles. The second-order valence-electron chi connectivity index (χ2n) is 4.80. The van der Waals surface area contributed by atoms with E-state index in [2.05, 4.69) is 5.32 Å². The second-order valence-corrected chi connectivity index (χ2v) is 4.80. The Labute approximate surface area is 101 Å². The fraction of sp³-hybridized carbons (Fsp3) is 0.462. The largest absolute Gasteiger partial charge is 0.508 e. The van der Waals surface area contributed by atoms with Gasteiger partial charge in [-0.25, -0.2) is 0 Å². The van der Waals surface area contributed by atoms with Gasteiger partial charge >= 0.3 is 0 Å². The van der Waals surface area contributed by atoms with Crippen LogP contribution in [0.15, 0.2) is 24.3 Å². The van der Waals surface area contributed by atoms with E-state index < -0.39 is 5.54 Å². The Morgan fingerprint density at radius 1 is 1.53 bits per heavy atom. The van der Waals surface area contributed by atoms with E-state index in [0.29, 0.717) is 0 Å². The summed E-state index contributed by atoms with van der Waals surface area (Å²) in [4.78, 5) is 11.9. The zero-order valence-corrected chi connectivity index (χ0v) is 9.94. The van der Waals surface area contributed by atoms with Crippen molar-refractivity contribution in [3.8, 4) is 5.75 Å². The van der Waals surface area contributed by atoms with Crippen LogP contribution in [0.5, 0.6) is 5.75 Å². The summed E-state index contributed by atoms with van der Waals surface area (Å²) >= 11 is 0. The summed E-state index contributed by atoms with van der Waals surface area (Å²) in [5.74, 6) is 0.106. The van der Waals surface area contributed by atoms with Crippen molar-refractivity contribution in [2.75, 3.05) is 0 Å². The Balaban J connectivity index is 2.01. The minimum absolute atomic E-state index is 0.0976. The van der Waals surface area contributed by atoms with Crippen molar-refractivity contribution in [2.45, 2.75) is 37.8 Å². The lowest BCUT2D eigenvalue weighted by Crippen LogP contribution is -2.58.